The molecule has 9 aliphatic rings. The molecule has 0 aliphatic heterocycles. The molecule has 0 amide bonds. The van der Waals surface area contributed by atoms with Gasteiger partial charge in [0, 0.05) is 17.3 Å². The minimum absolute atomic E-state index is 0.0835. The van der Waals surface area contributed by atoms with Crippen LogP contribution in [0.2, 0.25) is 0 Å². The van der Waals surface area contributed by atoms with Gasteiger partial charge in [-0.1, -0.05) is 40.5 Å². The van der Waals surface area contributed by atoms with E-state index in [1.54, 1.807) is 13.8 Å². The average molecular weight is 1060 g/mol. The number of esters is 6. The van der Waals surface area contributed by atoms with Gasteiger partial charge in [0.15, 0.2) is 6.61 Å². The van der Waals surface area contributed by atoms with Gasteiger partial charge in [0.2, 0.25) is 5.60 Å². The van der Waals surface area contributed by atoms with Crippen LogP contribution in [0.4, 0.5) is 0 Å². The van der Waals surface area contributed by atoms with Crippen molar-refractivity contribution in [2.24, 2.45) is 68.5 Å². The van der Waals surface area contributed by atoms with E-state index in [-0.39, 0.29) is 47.9 Å². The third-order valence-electron chi connectivity index (χ3n) is 20.8. The Balaban J connectivity index is 0.000000210. The SMILES string of the molecule is CCC(C)(C)C(=O)OC(C)(C)C(=O)OC(C)(C)C12CC3CC(CC(C3)C1)C2.CCC(C)(C)C(=O)OCC(=O)OC(C)(CC)C1CCCC1.CCC(C)(C)C(=O)OCCCC(=O)OC(C)(C)C12CC3CC(CC(C3)C1)C2. The second-order valence-corrected chi connectivity index (χ2v) is 28.8. The van der Waals surface area contributed by atoms with Crippen molar-refractivity contribution in [2.45, 2.75) is 281 Å². The van der Waals surface area contributed by atoms with Crippen LogP contribution in [-0.4, -0.2) is 71.4 Å². The van der Waals surface area contributed by atoms with Crippen molar-refractivity contribution in [2.75, 3.05) is 13.2 Å². The van der Waals surface area contributed by atoms with Crippen molar-refractivity contribution in [1.29, 1.82) is 0 Å². The van der Waals surface area contributed by atoms with Crippen molar-refractivity contribution in [3.05, 3.63) is 0 Å². The van der Waals surface area contributed by atoms with E-state index in [1.165, 1.54) is 89.9 Å². The molecule has 0 aromatic rings. The molecular formula is C63H106O12. The van der Waals surface area contributed by atoms with E-state index in [0.717, 1.165) is 61.2 Å². The summed E-state index contributed by atoms with van der Waals surface area (Å²) in [6, 6.07) is 0. The van der Waals surface area contributed by atoms with E-state index in [2.05, 4.69) is 27.7 Å². The first-order valence-electron chi connectivity index (χ1n) is 29.9. The van der Waals surface area contributed by atoms with Gasteiger partial charge >= 0.3 is 35.8 Å². The van der Waals surface area contributed by atoms with E-state index >= 15 is 0 Å². The number of carbonyl (C=O) groups excluding carboxylic acids is 6. The maximum absolute atomic E-state index is 13.0. The summed E-state index contributed by atoms with van der Waals surface area (Å²) in [4.78, 5) is 73.8. The van der Waals surface area contributed by atoms with Gasteiger partial charge in [0.05, 0.1) is 22.9 Å². The molecular weight excluding hydrogens is 949 g/mol. The third-order valence-corrected chi connectivity index (χ3v) is 20.8. The van der Waals surface area contributed by atoms with Crippen LogP contribution in [0.3, 0.4) is 0 Å². The zero-order valence-electron chi connectivity index (χ0n) is 50.4. The standard InChI is InChI=1S/2C23H38O4.C17H30O4/c1-8-20(2,3)18(24)26-21(4,5)19(25)27-22(6,7)23-12-15-9-16(13-23)11-17(10-15)14-23;1-6-21(2,3)20(25)26-9-7-8-19(24)27-22(4,5)23-13-16-10-17(14-23)12-18(11-16)15-23;1-6-16(3,4)15(19)20-12-14(18)21-17(5,7-2)13-10-8-9-11-13/h15-17H,8-14H2,1-7H3;16-18H,6-15H2,1-5H3;13H,6-12H2,1-5H3. The molecule has 9 aliphatic carbocycles. The molecule has 1 atom stereocenters. The fourth-order valence-electron chi connectivity index (χ4n) is 14.6. The first kappa shape index (κ1) is 62.7. The van der Waals surface area contributed by atoms with Crippen molar-refractivity contribution in [1.82, 2.24) is 0 Å². The molecule has 0 aromatic carbocycles. The monoisotopic (exact) mass is 1050 g/mol. The van der Waals surface area contributed by atoms with Crippen LogP contribution in [0, 0.1) is 68.5 Å². The lowest BCUT2D eigenvalue weighted by Gasteiger charge is -2.61. The Kier molecular flexibility index (Phi) is 20.1. The summed E-state index contributed by atoms with van der Waals surface area (Å²) in [5.74, 6) is 3.45. The van der Waals surface area contributed by atoms with E-state index in [0.29, 0.717) is 31.6 Å². The number of hydrogen-bond donors (Lipinski definition) is 0. The summed E-state index contributed by atoms with van der Waals surface area (Å²) in [6.45, 7) is 32.7. The quantitative estimate of drug-likeness (QED) is 0.0609. The Hall–Kier alpha value is -3.18. The highest BCUT2D eigenvalue weighted by molar-refractivity contribution is 5.85. The molecule has 12 nitrogen and oxygen atoms in total. The largest absolute Gasteiger partial charge is 0.465 e. The molecule has 430 valence electrons. The smallest absolute Gasteiger partial charge is 0.350 e. The van der Waals surface area contributed by atoms with Crippen molar-refractivity contribution < 1.29 is 57.2 Å². The maximum atomic E-state index is 13.0. The first-order chi connectivity index (χ1) is 34.6. The van der Waals surface area contributed by atoms with Gasteiger partial charge in [0.1, 0.15) is 16.8 Å². The van der Waals surface area contributed by atoms with Crippen molar-refractivity contribution >= 4 is 35.8 Å². The van der Waals surface area contributed by atoms with Crippen molar-refractivity contribution in [3.8, 4) is 0 Å². The minimum atomic E-state index is -1.27. The summed E-state index contributed by atoms with van der Waals surface area (Å²) < 4.78 is 33.8. The van der Waals surface area contributed by atoms with Crippen LogP contribution in [0.15, 0.2) is 0 Å². The summed E-state index contributed by atoms with van der Waals surface area (Å²) in [5, 5.41) is 0. The highest BCUT2D eigenvalue weighted by Crippen LogP contribution is 2.66. The van der Waals surface area contributed by atoms with Crippen LogP contribution in [0.5, 0.6) is 0 Å². The highest BCUT2D eigenvalue weighted by atomic mass is 16.6. The van der Waals surface area contributed by atoms with Gasteiger partial charge in [-0.3, -0.25) is 19.2 Å². The lowest BCUT2D eigenvalue weighted by Crippen LogP contribution is -2.58. The van der Waals surface area contributed by atoms with E-state index in [9.17, 15) is 28.8 Å². The molecule has 0 radical (unpaired) electrons. The molecule has 0 heterocycles. The predicted octanol–water partition coefficient (Wildman–Crippen LogP) is 14.4. The minimum Gasteiger partial charge on any atom is -0.465 e. The number of hydrogen-bond acceptors (Lipinski definition) is 12. The fraction of sp³-hybridized carbons (Fsp3) is 0.905. The average Bonchev–Trinajstić information content (AvgIpc) is 3.88. The predicted molar refractivity (Wildman–Crippen MR) is 292 cm³/mol. The normalized spacial score (nSPS) is 28.9. The lowest BCUT2D eigenvalue weighted by molar-refractivity contribution is -0.217. The van der Waals surface area contributed by atoms with E-state index in [1.807, 2.05) is 76.2 Å². The van der Waals surface area contributed by atoms with Gasteiger partial charge in [-0.15, -0.1) is 0 Å². The molecule has 9 fully saturated rings. The van der Waals surface area contributed by atoms with Crippen LogP contribution in [-0.2, 0) is 57.2 Å². The van der Waals surface area contributed by atoms with Crippen LogP contribution in [0.1, 0.15) is 259 Å². The Morgan fingerprint density at radius 2 is 0.800 bits per heavy atom. The second-order valence-electron chi connectivity index (χ2n) is 28.8. The molecule has 0 N–H and O–H groups in total. The van der Waals surface area contributed by atoms with Crippen LogP contribution < -0.4 is 0 Å². The number of carbonyl (C=O) groups is 6. The van der Waals surface area contributed by atoms with Gasteiger partial charge < -0.3 is 28.4 Å². The molecule has 12 heteroatoms. The molecule has 0 spiro atoms. The molecule has 1 unspecified atom stereocenters. The number of ether oxygens (including phenoxy) is 6. The molecule has 0 saturated heterocycles. The fourth-order valence-corrected chi connectivity index (χ4v) is 14.6. The summed E-state index contributed by atoms with van der Waals surface area (Å²) >= 11 is 0. The van der Waals surface area contributed by atoms with Gasteiger partial charge in [-0.2, -0.15) is 0 Å². The Bertz CT molecular complexity index is 1930. The van der Waals surface area contributed by atoms with Gasteiger partial charge in [0.25, 0.3) is 0 Å². The zero-order valence-corrected chi connectivity index (χ0v) is 50.4. The van der Waals surface area contributed by atoms with E-state index < -0.39 is 50.6 Å². The summed E-state index contributed by atoms with van der Waals surface area (Å²) in [5.41, 5.74) is -4.00. The Morgan fingerprint density at radius 1 is 0.427 bits per heavy atom. The summed E-state index contributed by atoms with van der Waals surface area (Å²) in [6.07, 6.45) is 23.8. The topological polar surface area (TPSA) is 158 Å². The van der Waals surface area contributed by atoms with Crippen molar-refractivity contribution in [3.63, 3.8) is 0 Å². The summed E-state index contributed by atoms with van der Waals surface area (Å²) in [7, 11) is 0. The van der Waals surface area contributed by atoms with Gasteiger partial charge in [-0.25, -0.2) is 9.59 Å². The van der Waals surface area contributed by atoms with E-state index in [4.69, 9.17) is 28.4 Å². The first-order valence-corrected chi connectivity index (χ1v) is 29.9. The van der Waals surface area contributed by atoms with Gasteiger partial charge in [-0.05, 0) is 253 Å². The maximum Gasteiger partial charge on any atom is 0.350 e. The molecule has 8 bridgehead atoms. The van der Waals surface area contributed by atoms with Crippen LogP contribution in [0.25, 0.3) is 0 Å². The second kappa shape index (κ2) is 24.0. The van der Waals surface area contributed by atoms with Crippen LogP contribution >= 0.6 is 0 Å². The molecule has 9 saturated carbocycles. The molecule has 0 aromatic heterocycles. The number of rotatable bonds is 21. The Morgan fingerprint density at radius 3 is 1.19 bits per heavy atom. The lowest BCUT2D eigenvalue weighted by atomic mass is 9.46. The third kappa shape index (κ3) is 14.9. The Labute approximate surface area is 454 Å². The highest BCUT2D eigenvalue weighted by Gasteiger charge is 2.61. The molecule has 75 heavy (non-hydrogen) atoms. The zero-order chi connectivity index (χ0) is 56.2. The molecule has 9 rings (SSSR count).